The first-order valence-corrected chi connectivity index (χ1v) is 8.52. The minimum atomic E-state index is -0.871. The van der Waals surface area contributed by atoms with Crippen molar-refractivity contribution in [3.8, 4) is 11.5 Å². The molecule has 2 aromatic carbocycles. The van der Waals surface area contributed by atoms with Gasteiger partial charge >= 0.3 is 0 Å². The van der Waals surface area contributed by atoms with Crippen LogP contribution in [0.1, 0.15) is 5.69 Å². The predicted octanol–water partition coefficient (Wildman–Crippen LogP) is 4.02. The van der Waals surface area contributed by atoms with Crippen molar-refractivity contribution in [2.45, 2.75) is 6.61 Å². The van der Waals surface area contributed by atoms with Crippen LogP contribution in [0.2, 0.25) is 0 Å². The van der Waals surface area contributed by atoms with Crippen molar-refractivity contribution in [1.29, 1.82) is 0 Å². The molecule has 3 aromatic rings. The molecule has 0 unspecified atom stereocenters. The van der Waals surface area contributed by atoms with Crippen LogP contribution in [0, 0.1) is 11.6 Å². The molecular weight excluding hydrogens is 362 g/mol. The lowest BCUT2D eigenvalue weighted by Crippen LogP contribution is -2.21. The fourth-order valence-corrected chi connectivity index (χ4v) is 2.62. The third-order valence-electron chi connectivity index (χ3n) is 3.27. The Bertz CT molecular complexity index is 888. The Balaban J connectivity index is 1.58. The van der Waals surface area contributed by atoms with E-state index in [1.165, 1.54) is 11.3 Å². The number of carbonyl (C=O) groups is 1. The molecule has 0 radical (unpaired) electrons. The Kier molecular flexibility index (Phi) is 5.75. The quantitative estimate of drug-likeness (QED) is 0.677. The van der Waals surface area contributed by atoms with Crippen LogP contribution in [-0.4, -0.2) is 17.5 Å². The maximum Gasteiger partial charge on any atom is 0.262 e. The Labute approximate surface area is 152 Å². The molecule has 8 heteroatoms. The molecule has 1 heterocycles. The number of nitrogens with zero attached hydrogens (tertiary/aromatic N) is 1. The Morgan fingerprint density at radius 2 is 1.96 bits per heavy atom. The highest BCUT2D eigenvalue weighted by Crippen LogP contribution is 2.25. The maximum absolute atomic E-state index is 13.5. The normalized spacial score (nSPS) is 10.4. The number of para-hydroxylation sites is 2. The minimum Gasteiger partial charge on any atom is -0.485 e. The van der Waals surface area contributed by atoms with Crippen LogP contribution < -0.4 is 14.8 Å². The number of halogens is 2. The van der Waals surface area contributed by atoms with E-state index in [2.05, 4.69) is 10.3 Å². The summed E-state index contributed by atoms with van der Waals surface area (Å²) in [6.45, 7) is -0.156. The molecule has 0 atom stereocenters. The number of nitrogens with one attached hydrogen (secondary N) is 1. The largest absolute Gasteiger partial charge is 0.485 e. The average molecular weight is 376 g/mol. The number of amides is 1. The van der Waals surface area contributed by atoms with E-state index < -0.39 is 24.1 Å². The molecule has 0 aliphatic heterocycles. The van der Waals surface area contributed by atoms with E-state index in [1.807, 2.05) is 5.38 Å². The van der Waals surface area contributed by atoms with Gasteiger partial charge in [0.05, 0.1) is 16.9 Å². The van der Waals surface area contributed by atoms with Gasteiger partial charge < -0.3 is 14.8 Å². The van der Waals surface area contributed by atoms with E-state index in [1.54, 1.807) is 29.8 Å². The number of rotatable bonds is 7. The zero-order valence-electron chi connectivity index (χ0n) is 13.4. The lowest BCUT2D eigenvalue weighted by atomic mass is 10.3. The van der Waals surface area contributed by atoms with Crippen molar-refractivity contribution in [1.82, 2.24) is 4.98 Å². The Morgan fingerprint density at radius 1 is 1.12 bits per heavy atom. The third-order valence-corrected chi connectivity index (χ3v) is 3.91. The summed E-state index contributed by atoms with van der Waals surface area (Å²) >= 11 is 1.46. The first-order valence-electron chi connectivity index (χ1n) is 7.58. The number of benzene rings is 2. The number of carbonyl (C=O) groups excluding carboxylic acids is 1. The van der Waals surface area contributed by atoms with Gasteiger partial charge in [-0.05, 0) is 24.3 Å². The smallest absolute Gasteiger partial charge is 0.262 e. The van der Waals surface area contributed by atoms with Crippen LogP contribution in [0.4, 0.5) is 14.5 Å². The van der Waals surface area contributed by atoms with Gasteiger partial charge in [-0.2, -0.15) is 0 Å². The number of hydrogen-bond acceptors (Lipinski definition) is 5. The summed E-state index contributed by atoms with van der Waals surface area (Å²) in [6, 6.07) is 9.77. The lowest BCUT2D eigenvalue weighted by Gasteiger charge is -2.12. The van der Waals surface area contributed by atoms with Gasteiger partial charge in [0.15, 0.2) is 18.2 Å². The second kappa shape index (κ2) is 8.39. The molecule has 134 valence electrons. The molecule has 0 spiro atoms. The molecule has 5 nitrogen and oxygen atoms in total. The van der Waals surface area contributed by atoms with Crippen molar-refractivity contribution in [3.05, 3.63) is 70.7 Å². The van der Waals surface area contributed by atoms with Crippen molar-refractivity contribution >= 4 is 22.9 Å². The summed E-state index contributed by atoms with van der Waals surface area (Å²) < 4.78 is 37.1. The van der Waals surface area contributed by atoms with Crippen molar-refractivity contribution in [2.75, 3.05) is 11.9 Å². The van der Waals surface area contributed by atoms with E-state index >= 15 is 0 Å². The maximum atomic E-state index is 13.5. The lowest BCUT2D eigenvalue weighted by molar-refractivity contribution is -0.118. The number of anilines is 1. The van der Waals surface area contributed by atoms with E-state index in [-0.39, 0.29) is 12.4 Å². The van der Waals surface area contributed by atoms with Gasteiger partial charge in [-0.3, -0.25) is 4.79 Å². The number of ether oxygens (including phenoxy) is 2. The fourth-order valence-electron chi connectivity index (χ4n) is 2.08. The summed E-state index contributed by atoms with van der Waals surface area (Å²) in [6.07, 6.45) is 0. The molecule has 0 bridgehead atoms. The van der Waals surface area contributed by atoms with Crippen LogP contribution in [0.15, 0.2) is 53.4 Å². The van der Waals surface area contributed by atoms with Crippen LogP contribution >= 0.6 is 11.3 Å². The van der Waals surface area contributed by atoms with Gasteiger partial charge in [0.1, 0.15) is 18.2 Å². The zero-order valence-corrected chi connectivity index (χ0v) is 14.3. The summed E-state index contributed by atoms with van der Waals surface area (Å²) in [7, 11) is 0. The monoisotopic (exact) mass is 376 g/mol. The van der Waals surface area contributed by atoms with Gasteiger partial charge in [-0.15, -0.1) is 11.3 Å². The van der Waals surface area contributed by atoms with Crippen LogP contribution in [0.5, 0.6) is 11.5 Å². The van der Waals surface area contributed by atoms with Gasteiger partial charge in [0.2, 0.25) is 0 Å². The van der Waals surface area contributed by atoms with Crippen LogP contribution in [0.3, 0.4) is 0 Å². The minimum absolute atomic E-state index is 0.199. The topological polar surface area (TPSA) is 60.5 Å². The predicted molar refractivity (Wildman–Crippen MR) is 93.4 cm³/mol. The first-order chi connectivity index (χ1) is 12.6. The van der Waals surface area contributed by atoms with Crippen molar-refractivity contribution in [2.24, 2.45) is 0 Å². The molecule has 1 amide bonds. The molecule has 0 aliphatic rings. The van der Waals surface area contributed by atoms with Crippen molar-refractivity contribution < 1.29 is 23.0 Å². The highest BCUT2D eigenvalue weighted by atomic mass is 32.1. The molecule has 1 N–H and O–H groups in total. The number of hydrogen-bond donors (Lipinski definition) is 1. The number of aromatic nitrogens is 1. The second-order valence-corrected chi connectivity index (χ2v) is 5.89. The van der Waals surface area contributed by atoms with Crippen molar-refractivity contribution in [3.63, 3.8) is 0 Å². The third kappa shape index (κ3) is 4.76. The molecule has 0 fully saturated rings. The molecular formula is C18H14F2N2O3S. The molecule has 3 rings (SSSR count). The zero-order chi connectivity index (χ0) is 18.4. The average Bonchev–Trinajstić information content (AvgIpc) is 3.14. The van der Waals surface area contributed by atoms with Gasteiger partial charge in [-0.25, -0.2) is 13.8 Å². The summed E-state index contributed by atoms with van der Waals surface area (Å²) in [4.78, 5) is 16.2. The molecule has 0 saturated heterocycles. The molecule has 26 heavy (non-hydrogen) atoms. The van der Waals surface area contributed by atoms with E-state index in [4.69, 9.17) is 9.47 Å². The Hall–Kier alpha value is -3.00. The number of thiazole rings is 1. The molecule has 0 aliphatic carbocycles. The highest BCUT2D eigenvalue weighted by Gasteiger charge is 2.11. The van der Waals surface area contributed by atoms with Gasteiger partial charge in [-0.1, -0.05) is 12.1 Å². The van der Waals surface area contributed by atoms with E-state index in [0.29, 0.717) is 17.5 Å². The Morgan fingerprint density at radius 3 is 2.73 bits per heavy atom. The second-order valence-electron chi connectivity index (χ2n) is 5.18. The van der Waals surface area contributed by atoms with E-state index in [0.717, 1.165) is 17.8 Å². The summed E-state index contributed by atoms with van der Waals surface area (Å²) in [5.41, 5.74) is 2.94. The summed E-state index contributed by atoms with van der Waals surface area (Å²) in [5, 5.41) is 4.51. The van der Waals surface area contributed by atoms with Crippen LogP contribution in [-0.2, 0) is 11.4 Å². The molecule has 1 aromatic heterocycles. The van der Waals surface area contributed by atoms with Gasteiger partial charge in [0, 0.05) is 11.4 Å². The van der Waals surface area contributed by atoms with Gasteiger partial charge in [0.25, 0.3) is 5.91 Å². The first kappa shape index (κ1) is 17.8. The SMILES string of the molecule is O=C(COc1ccc(F)cc1F)Nc1ccccc1OCc1cscn1. The highest BCUT2D eigenvalue weighted by molar-refractivity contribution is 7.07. The molecule has 0 saturated carbocycles. The summed E-state index contributed by atoms with van der Waals surface area (Å²) in [5.74, 6) is -1.81. The standard InChI is InChI=1S/C18H14F2N2O3S/c19-12-5-6-16(14(20)7-12)25-9-18(23)22-15-3-1-2-4-17(15)24-8-13-10-26-11-21-13/h1-7,10-11H,8-9H2,(H,22,23). The van der Waals surface area contributed by atoms with E-state index in [9.17, 15) is 13.6 Å². The van der Waals surface area contributed by atoms with Crippen LogP contribution in [0.25, 0.3) is 0 Å². The fraction of sp³-hybridized carbons (Fsp3) is 0.111.